The fraction of sp³-hybridized carbons (Fsp3) is 0.188. The van der Waals surface area contributed by atoms with Crippen LogP contribution in [0.2, 0.25) is 0 Å². The average molecular weight is 349 g/mol. The number of rotatable bonds is 6. The van der Waals surface area contributed by atoms with E-state index in [4.69, 9.17) is 4.42 Å². The maximum Gasteiger partial charge on any atom is 0.305 e. The fourth-order valence-electron chi connectivity index (χ4n) is 2.02. The van der Waals surface area contributed by atoms with Crippen molar-refractivity contribution in [3.05, 3.63) is 54.2 Å². The lowest BCUT2D eigenvalue weighted by atomic mass is 10.3. The first-order chi connectivity index (χ1) is 11.9. The molecule has 1 aromatic carbocycles. The summed E-state index contributed by atoms with van der Waals surface area (Å²) in [5.74, 6) is -1.81. The summed E-state index contributed by atoms with van der Waals surface area (Å²) in [4.78, 5) is 35.8. The third-order valence-electron chi connectivity index (χ3n) is 3.09. The van der Waals surface area contributed by atoms with Crippen LogP contribution in [0, 0.1) is 5.82 Å². The minimum atomic E-state index is -0.583. The Hall–Kier alpha value is -3.20. The molecule has 0 aliphatic heterocycles. The van der Waals surface area contributed by atoms with Crippen LogP contribution in [0.25, 0.3) is 0 Å². The van der Waals surface area contributed by atoms with Gasteiger partial charge in [-0.05, 0) is 30.3 Å². The molecule has 0 aliphatic carbocycles. The molecule has 2 aromatic rings. The molecule has 132 valence electrons. The summed E-state index contributed by atoms with van der Waals surface area (Å²) in [5, 5.41) is 2.54. The van der Waals surface area contributed by atoms with Crippen molar-refractivity contribution in [3.63, 3.8) is 0 Å². The molecule has 0 aliphatic rings. The summed E-state index contributed by atoms with van der Waals surface area (Å²) < 4.78 is 17.9. The Kier molecular flexibility index (Phi) is 6.24. The van der Waals surface area contributed by atoms with Crippen LogP contribution < -0.4 is 21.1 Å². The van der Waals surface area contributed by atoms with Crippen LogP contribution in [0.1, 0.15) is 10.6 Å². The van der Waals surface area contributed by atoms with Gasteiger partial charge in [0.15, 0.2) is 18.8 Å². The zero-order chi connectivity index (χ0) is 18.2. The lowest BCUT2D eigenvalue weighted by molar-refractivity contribution is -0.862. The third-order valence-corrected chi connectivity index (χ3v) is 3.09. The van der Waals surface area contributed by atoms with Gasteiger partial charge in [-0.15, -0.1) is 0 Å². The monoisotopic (exact) mass is 349 g/mol. The number of carbonyl (C=O) groups excluding carboxylic acids is 3. The highest BCUT2D eigenvalue weighted by Gasteiger charge is 2.16. The van der Waals surface area contributed by atoms with Gasteiger partial charge in [-0.3, -0.25) is 25.2 Å². The van der Waals surface area contributed by atoms with Crippen molar-refractivity contribution in [1.29, 1.82) is 0 Å². The number of amides is 3. The molecular formula is C16H18FN4O4+. The molecule has 25 heavy (non-hydrogen) atoms. The number of hydrazine groups is 1. The fourth-order valence-corrected chi connectivity index (χ4v) is 2.02. The van der Waals surface area contributed by atoms with Gasteiger partial charge in [0, 0.05) is 5.69 Å². The second-order valence-corrected chi connectivity index (χ2v) is 5.35. The van der Waals surface area contributed by atoms with Gasteiger partial charge in [0.25, 0.3) is 11.8 Å². The highest BCUT2D eigenvalue weighted by Crippen LogP contribution is 2.08. The van der Waals surface area contributed by atoms with Gasteiger partial charge in [-0.1, -0.05) is 6.07 Å². The minimum absolute atomic E-state index is 0.00391. The van der Waals surface area contributed by atoms with Gasteiger partial charge in [0.05, 0.1) is 13.3 Å². The highest BCUT2D eigenvalue weighted by atomic mass is 19.1. The van der Waals surface area contributed by atoms with E-state index >= 15 is 0 Å². The van der Waals surface area contributed by atoms with Crippen molar-refractivity contribution < 1.29 is 28.1 Å². The number of anilines is 1. The number of nitrogens with one attached hydrogen (secondary N) is 4. The van der Waals surface area contributed by atoms with Crippen LogP contribution in [-0.4, -0.2) is 37.9 Å². The largest absolute Gasteiger partial charge is 0.459 e. The number of hydrogen-bond acceptors (Lipinski definition) is 4. The van der Waals surface area contributed by atoms with E-state index in [1.807, 2.05) is 0 Å². The second kappa shape index (κ2) is 8.60. The molecule has 0 bridgehead atoms. The van der Waals surface area contributed by atoms with Crippen LogP contribution in [0.4, 0.5) is 10.1 Å². The van der Waals surface area contributed by atoms with E-state index in [-0.39, 0.29) is 24.8 Å². The Morgan fingerprint density at radius 2 is 1.84 bits per heavy atom. The van der Waals surface area contributed by atoms with Crippen LogP contribution in [0.15, 0.2) is 47.1 Å². The first kappa shape index (κ1) is 18.1. The third kappa shape index (κ3) is 6.07. The molecule has 1 unspecified atom stereocenters. The Labute approximate surface area is 143 Å². The van der Waals surface area contributed by atoms with E-state index in [9.17, 15) is 18.8 Å². The first-order valence-corrected chi connectivity index (χ1v) is 7.43. The van der Waals surface area contributed by atoms with Crippen molar-refractivity contribution in [2.24, 2.45) is 0 Å². The van der Waals surface area contributed by atoms with Gasteiger partial charge < -0.3 is 14.6 Å². The summed E-state index contributed by atoms with van der Waals surface area (Å²) in [7, 11) is 1.64. The van der Waals surface area contributed by atoms with E-state index in [1.165, 1.54) is 30.5 Å². The zero-order valence-corrected chi connectivity index (χ0v) is 13.5. The second-order valence-electron chi connectivity index (χ2n) is 5.35. The summed E-state index contributed by atoms with van der Waals surface area (Å²) in [6, 6.07) is 8.52. The molecule has 3 amide bonds. The Morgan fingerprint density at radius 1 is 1.08 bits per heavy atom. The van der Waals surface area contributed by atoms with Gasteiger partial charge in [0.1, 0.15) is 5.82 Å². The van der Waals surface area contributed by atoms with E-state index in [0.717, 1.165) is 0 Å². The number of furan rings is 1. The van der Waals surface area contributed by atoms with E-state index < -0.39 is 17.6 Å². The van der Waals surface area contributed by atoms with Crippen molar-refractivity contribution >= 4 is 23.4 Å². The molecule has 4 N–H and O–H groups in total. The van der Waals surface area contributed by atoms with Gasteiger partial charge >= 0.3 is 5.91 Å². The number of benzene rings is 1. The molecule has 0 spiro atoms. The number of quaternary nitrogens is 1. The molecule has 1 heterocycles. The maximum atomic E-state index is 13.1. The summed E-state index contributed by atoms with van der Waals surface area (Å²) in [5.41, 5.74) is 4.77. The van der Waals surface area contributed by atoms with E-state index in [0.29, 0.717) is 10.6 Å². The first-order valence-electron chi connectivity index (χ1n) is 7.43. The van der Waals surface area contributed by atoms with Crippen LogP contribution >= 0.6 is 0 Å². The standard InChI is InChI=1S/C16H17FN4O4/c1-21(9-14(22)18-12-5-2-4-11(17)8-12)10-15(23)19-20-16(24)13-6-3-7-25-13/h2-8H,9-10H2,1H3,(H,18,22)(H,19,23)(H,20,24)/p+1. The zero-order valence-electron chi connectivity index (χ0n) is 13.5. The topological polar surface area (TPSA) is 105 Å². The van der Waals surface area contributed by atoms with Crippen LogP contribution in [0.5, 0.6) is 0 Å². The Balaban J connectivity index is 1.71. The van der Waals surface area contributed by atoms with Gasteiger partial charge in [0.2, 0.25) is 0 Å². The Morgan fingerprint density at radius 3 is 2.52 bits per heavy atom. The lowest BCUT2D eigenvalue weighted by Crippen LogP contribution is -3.11. The maximum absolute atomic E-state index is 13.1. The smallest absolute Gasteiger partial charge is 0.305 e. The lowest BCUT2D eigenvalue weighted by Gasteiger charge is -2.14. The normalized spacial score (nSPS) is 11.4. The van der Waals surface area contributed by atoms with Crippen molar-refractivity contribution in [2.75, 3.05) is 25.5 Å². The molecule has 0 fully saturated rings. The molecular weight excluding hydrogens is 331 g/mol. The van der Waals surface area contributed by atoms with Crippen molar-refractivity contribution in [2.45, 2.75) is 0 Å². The predicted molar refractivity (Wildman–Crippen MR) is 86.0 cm³/mol. The molecule has 0 saturated heterocycles. The van der Waals surface area contributed by atoms with Crippen molar-refractivity contribution in [3.8, 4) is 0 Å². The minimum Gasteiger partial charge on any atom is -0.459 e. The number of halogens is 1. The molecule has 2 rings (SSSR count). The SMILES string of the molecule is C[NH+](CC(=O)NNC(=O)c1ccco1)CC(=O)Nc1cccc(F)c1. The van der Waals surface area contributed by atoms with Crippen molar-refractivity contribution in [1.82, 2.24) is 10.9 Å². The van der Waals surface area contributed by atoms with E-state index in [2.05, 4.69) is 16.2 Å². The Bertz CT molecular complexity index is 748. The molecule has 1 atom stereocenters. The van der Waals surface area contributed by atoms with Crippen LogP contribution in [0.3, 0.4) is 0 Å². The van der Waals surface area contributed by atoms with Gasteiger partial charge in [-0.2, -0.15) is 0 Å². The summed E-state index contributed by atoms with van der Waals surface area (Å²) in [6.45, 7) is -0.0505. The molecule has 9 heteroatoms. The highest BCUT2D eigenvalue weighted by molar-refractivity contribution is 5.93. The quantitative estimate of drug-likeness (QED) is 0.519. The molecule has 0 radical (unpaired) electrons. The predicted octanol–water partition coefficient (Wildman–Crippen LogP) is -0.667. The molecule has 0 saturated carbocycles. The number of likely N-dealkylation sites (N-methyl/N-ethyl adjacent to an activating group) is 1. The van der Waals surface area contributed by atoms with Crippen LogP contribution in [-0.2, 0) is 9.59 Å². The molecule has 1 aromatic heterocycles. The average Bonchev–Trinajstić information content (AvgIpc) is 3.06. The van der Waals surface area contributed by atoms with E-state index in [1.54, 1.807) is 19.2 Å². The number of hydrogen-bond donors (Lipinski definition) is 4. The number of carbonyl (C=O) groups is 3. The summed E-state index contributed by atoms with van der Waals surface area (Å²) in [6.07, 6.45) is 1.34. The molecule has 8 nitrogen and oxygen atoms in total. The van der Waals surface area contributed by atoms with Gasteiger partial charge in [-0.25, -0.2) is 4.39 Å². The summed E-state index contributed by atoms with van der Waals surface area (Å²) >= 11 is 0.